The van der Waals surface area contributed by atoms with E-state index in [0.717, 1.165) is 0 Å². The van der Waals surface area contributed by atoms with E-state index in [4.69, 9.17) is 5.73 Å². The summed E-state index contributed by atoms with van der Waals surface area (Å²) >= 11 is 3.31. The number of rotatable bonds is 5. The summed E-state index contributed by atoms with van der Waals surface area (Å²) in [6.45, 7) is 7.08. The summed E-state index contributed by atoms with van der Waals surface area (Å²) in [5, 5.41) is 3.03. The predicted octanol–water partition coefficient (Wildman–Crippen LogP) is 1.49. The van der Waals surface area contributed by atoms with Crippen molar-refractivity contribution in [1.82, 2.24) is 14.9 Å². The Hall–Kier alpha value is -1.37. The minimum atomic E-state index is -0.365. The minimum absolute atomic E-state index is 0.0316. The monoisotopic (exact) mass is 315 g/mol. The fourth-order valence-corrected chi connectivity index (χ4v) is 1.86. The Morgan fingerprint density at radius 1 is 1.56 bits per heavy atom. The summed E-state index contributed by atoms with van der Waals surface area (Å²) in [7, 11) is 0. The Morgan fingerprint density at radius 2 is 2.17 bits per heavy atom. The van der Waals surface area contributed by atoms with Gasteiger partial charge in [-0.15, -0.1) is 0 Å². The third-order valence-electron chi connectivity index (χ3n) is 2.56. The van der Waals surface area contributed by atoms with Crippen LogP contribution in [0.15, 0.2) is 10.7 Å². The van der Waals surface area contributed by atoms with Gasteiger partial charge in [-0.2, -0.15) is 4.98 Å². The number of nitrogen functional groups attached to an aromatic ring is 1. The number of halogens is 1. The highest BCUT2D eigenvalue weighted by molar-refractivity contribution is 9.10. The van der Waals surface area contributed by atoms with Crippen molar-refractivity contribution in [1.29, 1.82) is 0 Å². The van der Waals surface area contributed by atoms with Crippen molar-refractivity contribution in [2.45, 2.75) is 26.8 Å². The Balaban J connectivity index is 2.77. The molecular formula is C11H18BrN5O. The highest BCUT2D eigenvalue weighted by Gasteiger charge is 2.19. The maximum Gasteiger partial charge on any atom is 0.244 e. The number of amides is 1. The molecule has 0 radical (unpaired) electrons. The van der Waals surface area contributed by atoms with Gasteiger partial charge in [-0.25, -0.2) is 4.98 Å². The molecule has 6 nitrogen and oxygen atoms in total. The van der Waals surface area contributed by atoms with E-state index in [9.17, 15) is 4.79 Å². The number of nitrogens with two attached hydrogens (primary N) is 1. The van der Waals surface area contributed by atoms with Gasteiger partial charge in [0.05, 0.1) is 4.47 Å². The molecule has 0 aromatic carbocycles. The summed E-state index contributed by atoms with van der Waals surface area (Å²) in [6, 6.07) is -0.365. The van der Waals surface area contributed by atoms with Crippen molar-refractivity contribution in [2.24, 2.45) is 0 Å². The first-order valence-electron chi connectivity index (χ1n) is 5.82. The number of carbonyl (C=O) groups excluding carboxylic acids is 1. The molecule has 1 unspecified atom stereocenters. The Labute approximate surface area is 115 Å². The molecule has 1 aromatic heterocycles. The van der Waals surface area contributed by atoms with Crippen LogP contribution in [0.4, 0.5) is 11.8 Å². The van der Waals surface area contributed by atoms with Crippen LogP contribution in [0, 0.1) is 0 Å². The Kier molecular flexibility index (Phi) is 5.33. The van der Waals surface area contributed by atoms with Gasteiger partial charge in [0.2, 0.25) is 11.9 Å². The number of nitrogens with zero attached hydrogens (tertiary/aromatic N) is 3. The molecule has 0 bridgehead atoms. The van der Waals surface area contributed by atoms with Crippen molar-refractivity contribution in [2.75, 3.05) is 24.1 Å². The van der Waals surface area contributed by atoms with E-state index in [-0.39, 0.29) is 17.9 Å². The van der Waals surface area contributed by atoms with E-state index in [1.807, 2.05) is 13.8 Å². The zero-order valence-corrected chi connectivity index (χ0v) is 12.4. The van der Waals surface area contributed by atoms with Gasteiger partial charge in [-0.05, 0) is 36.7 Å². The predicted molar refractivity (Wildman–Crippen MR) is 75.2 cm³/mol. The molecule has 1 atom stereocenters. The fourth-order valence-electron chi connectivity index (χ4n) is 1.56. The molecule has 18 heavy (non-hydrogen) atoms. The third kappa shape index (κ3) is 3.56. The van der Waals surface area contributed by atoms with E-state index in [1.165, 1.54) is 0 Å². The lowest BCUT2D eigenvalue weighted by Gasteiger charge is -2.24. The first-order valence-corrected chi connectivity index (χ1v) is 6.62. The number of hydrogen-bond donors (Lipinski definition) is 2. The average molecular weight is 316 g/mol. The lowest BCUT2D eigenvalue weighted by molar-refractivity contribution is -0.131. The lowest BCUT2D eigenvalue weighted by atomic mass is 10.2. The molecule has 1 amide bonds. The van der Waals surface area contributed by atoms with Crippen molar-refractivity contribution >= 4 is 33.6 Å². The second kappa shape index (κ2) is 6.53. The van der Waals surface area contributed by atoms with Gasteiger partial charge in [0, 0.05) is 19.3 Å². The van der Waals surface area contributed by atoms with Gasteiger partial charge >= 0.3 is 0 Å². The molecule has 0 fully saturated rings. The molecule has 100 valence electrons. The summed E-state index contributed by atoms with van der Waals surface area (Å²) in [6.07, 6.45) is 1.55. The number of aromatic nitrogens is 2. The minimum Gasteiger partial charge on any atom is -0.368 e. The molecule has 1 aromatic rings. The number of hydrogen-bond acceptors (Lipinski definition) is 5. The highest BCUT2D eigenvalue weighted by atomic mass is 79.9. The largest absolute Gasteiger partial charge is 0.368 e. The maximum atomic E-state index is 12.1. The smallest absolute Gasteiger partial charge is 0.244 e. The zero-order chi connectivity index (χ0) is 13.7. The SMILES string of the molecule is CCN(CC)C(=O)C(C)Nc1nc(N)ncc1Br. The fraction of sp³-hybridized carbons (Fsp3) is 0.545. The average Bonchev–Trinajstić information content (AvgIpc) is 2.35. The summed E-state index contributed by atoms with van der Waals surface area (Å²) < 4.78 is 0.677. The van der Waals surface area contributed by atoms with Crippen molar-refractivity contribution in [3.8, 4) is 0 Å². The van der Waals surface area contributed by atoms with Gasteiger partial charge < -0.3 is 16.0 Å². The molecule has 1 heterocycles. The van der Waals surface area contributed by atoms with E-state index in [0.29, 0.717) is 23.4 Å². The van der Waals surface area contributed by atoms with Crippen LogP contribution in [-0.4, -0.2) is 39.9 Å². The maximum absolute atomic E-state index is 12.1. The van der Waals surface area contributed by atoms with Crippen molar-refractivity contribution in [3.05, 3.63) is 10.7 Å². The number of likely N-dealkylation sites (N-methyl/N-ethyl adjacent to an activating group) is 1. The standard InChI is InChI=1S/C11H18BrN5O/c1-4-17(5-2)10(18)7(3)15-9-8(12)6-14-11(13)16-9/h6-7H,4-5H2,1-3H3,(H3,13,14,15,16). The first-order chi connectivity index (χ1) is 8.49. The van der Waals surface area contributed by atoms with Gasteiger partial charge in [-0.1, -0.05) is 0 Å². The van der Waals surface area contributed by atoms with Crippen LogP contribution < -0.4 is 11.1 Å². The first kappa shape index (κ1) is 14.7. The van der Waals surface area contributed by atoms with Crippen LogP contribution in [0.1, 0.15) is 20.8 Å². The van der Waals surface area contributed by atoms with Crippen LogP contribution in [0.25, 0.3) is 0 Å². The molecule has 0 saturated carbocycles. The molecule has 0 aliphatic rings. The third-order valence-corrected chi connectivity index (χ3v) is 3.14. The molecule has 0 aliphatic heterocycles. The van der Waals surface area contributed by atoms with Gasteiger partial charge in [0.15, 0.2) is 0 Å². The molecule has 7 heteroatoms. The number of carbonyl (C=O) groups is 1. The molecule has 1 rings (SSSR count). The molecule has 0 aliphatic carbocycles. The van der Waals surface area contributed by atoms with Gasteiger partial charge in [0.1, 0.15) is 11.9 Å². The summed E-state index contributed by atoms with van der Waals surface area (Å²) in [4.78, 5) is 21.7. The van der Waals surface area contributed by atoms with E-state index in [1.54, 1.807) is 18.0 Å². The molecule has 0 spiro atoms. The molecular weight excluding hydrogens is 298 g/mol. The second-order valence-corrected chi connectivity index (χ2v) is 4.66. The summed E-state index contributed by atoms with van der Waals surface area (Å²) in [5.74, 6) is 0.725. The van der Waals surface area contributed by atoms with Crippen molar-refractivity contribution < 1.29 is 4.79 Å². The van der Waals surface area contributed by atoms with Crippen LogP contribution >= 0.6 is 15.9 Å². The quantitative estimate of drug-likeness (QED) is 0.860. The van der Waals surface area contributed by atoms with Crippen molar-refractivity contribution in [3.63, 3.8) is 0 Å². The second-order valence-electron chi connectivity index (χ2n) is 3.80. The Bertz CT molecular complexity index is 422. The topological polar surface area (TPSA) is 84.1 Å². The van der Waals surface area contributed by atoms with Crippen LogP contribution in [0.2, 0.25) is 0 Å². The molecule has 0 saturated heterocycles. The normalized spacial score (nSPS) is 12.0. The lowest BCUT2D eigenvalue weighted by Crippen LogP contribution is -2.41. The molecule has 3 N–H and O–H groups in total. The van der Waals surface area contributed by atoms with E-state index >= 15 is 0 Å². The van der Waals surface area contributed by atoms with Gasteiger partial charge in [0.25, 0.3) is 0 Å². The summed E-state index contributed by atoms with van der Waals surface area (Å²) in [5.41, 5.74) is 5.51. The zero-order valence-electron chi connectivity index (χ0n) is 10.8. The van der Waals surface area contributed by atoms with Crippen LogP contribution in [0.3, 0.4) is 0 Å². The van der Waals surface area contributed by atoms with E-state index in [2.05, 4.69) is 31.2 Å². The van der Waals surface area contributed by atoms with Crippen LogP contribution in [0.5, 0.6) is 0 Å². The number of anilines is 2. The Morgan fingerprint density at radius 3 is 2.72 bits per heavy atom. The van der Waals surface area contributed by atoms with Gasteiger partial charge in [-0.3, -0.25) is 4.79 Å². The van der Waals surface area contributed by atoms with Crippen LogP contribution in [-0.2, 0) is 4.79 Å². The van der Waals surface area contributed by atoms with E-state index < -0.39 is 0 Å². The number of nitrogens with one attached hydrogen (secondary N) is 1. The highest BCUT2D eigenvalue weighted by Crippen LogP contribution is 2.20.